The maximum atomic E-state index is 15.0. The number of fused-ring (bicyclic) bond motifs is 2. The standard InChI is InChI=1S/C74H122ClF3N12O2/c1-9-53(2)68-48-84-67(46-59-22-13-14-23-59)55(4)82-49-69-70(72(91)88-40-42-92-43-41-88)57(6)90(69)71(61-24-15-16-25-61)56(5)85-73(32-17-18-33-73)52-80-36-35-79-34-31-62(29-27-60-28-30-65(66(75)45-60)74(76,77)78)81-37-39-86(7)50-64(44-58-20-11-10-12-21-58)87(8)51-63-26-19-38-89(63)54(3)47-83-68/h28,30-31,34,37,39,45,50-51,53-59,61,67-71,79-80,82-85H,9-27,29,32-33,35-36,38,40-44,46-49,52H2,1-8H3/t53-,54-,55?,56?,57?,67-,68+,69?,70-,71+/m0/s1. The molecule has 4 aliphatic carbocycles. The number of carbonyl (C=O) groups excluding carboxylic acids is 1. The average Bonchev–Trinajstić information content (AvgIpc) is 0.854. The molecule has 1 aromatic carbocycles. The fraction of sp³-hybridized carbons (Fsp3) is 0.784. The number of rotatable bonds is 11. The van der Waals surface area contributed by atoms with Crippen LogP contribution in [0.4, 0.5) is 13.2 Å². The monoisotopic (exact) mass is 1300 g/mol. The Kier molecular flexibility index (Phi) is 28.0. The van der Waals surface area contributed by atoms with Crippen LogP contribution < -0.4 is 31.9 Å². The van der Waals surface area contributed by atoms with Crippen LogP contribution in [-0.4, -0.2) is 176 Å². The second kappa shape index (κ2) is 35.5. The molecule has 0 bridgehead atoms. The van der Waals surface area contributed by atoms with Crippen LogP contribution in [0.25, 0.3) is 0 Å². The van der Waals surface area contributed by atoms with Gasteiger partial charge in [-0.05, 0) is 146 Å². The number of nitrogens with one attached hydrogen (secondary N) is 6. The van der Waals surface area contributed by atoms with Crippen molar-refractivity contribution in [2.24, 2.45) is 34.6 Å². The van der Waals surface area contributed by atoms with E-state index in [1.807, 2.05) is 24.7 Å². The Morgan fingerprint density at radius 2 is 1.53 bits per heavy atom. The second-order valence-corrected chi connectivity index (χ2v) is 30.1. The predicted octanol–water partition coefficient (Wildman–Crippen LogP) is 12.8. The number of hydrogen-bond acceptors (Lipinski definition) is 13. The lowest BCUT2D eigenvalue weighted by atomic mass is 9.74. The highest BCUT2D eigenvalue weighted by Gasteiger charge is 2.56. The van der Waals surface area contributed by atoms with Gasteiger partial charge in [0.1, 0.15) is 0 Å². The van der Waals surface area contributed by atoms with Gasteiger partial charge in [0.25, 0.3) is 0 Å². The van der Waals surface area contributed by atoms with E-state index in [0.717, 1.165) is 101 Å². The van der Waals surface area contributed by atoms with Crippen LogP contribution >= 0.6 is 11.6 Å². The van der Waals surface area contributed by atoms with Crippen LogP contribution in [0, 0.1) is 29.6 Å². The summed E-state index contributed by atoms with van der Waals surface area (Å²) in [5.74, 6) is 2.67. The SMILES string of the molecule is CC[C@H](C)[C@H]1CN[C@@H](CC2CCCC2)C(C)NCC2[C@@H](C(=O)N3CCOCC3)C(C)N2[C@@H](C2CCCC2)C(C)NC2(CCCC2)CNCCNC=CC(CCc2ccc(C(F)(F)F)c(Cl)c2)=NC=CN(C)C=C(CC2CCCCC2)N(C)C=C2CCCN2[C@@H](C)CN1. The molecule has 6 N–H and O–H groups in total. The summed E-state index contributed by atoms with van der Waals surface area (Å²) in [6, 6.07) is 5.99. The Balaban J connectivity index is 1.00. The van der Waals surface area contributed by atoms with Crippen molar-refractivity contribution in [1.29, 1.82) is 0 Å². The summed E-state index contributed by atoms with van der Waals surface area (Å²) in [6.45, 7) is 23.0. The molecule has 8 aliphatic rings. The number of amides is 1. The van der Waals surface area contributed by atoms with E-state index in [9.17, 15) is 18.0 Å². The molecule has 7 fully saturated rings. The lowest BCUT2D eigenvalue weighted by Crippen LogP contribution is -2.76. The van der Waals surface area contributed by atoms with Crippen LogP contribution in [0.3, 0.4) is 0 Å². The van der Waals surface area contributed by atoms with E-state index in [1.54, 1.807) is 0 Å². The molecule has 4 unspecified atom stereocenters. The van der Waals surface area contributed by atoms with Crippen LogP contribution in [-0.2, 0) is 22.1 Å². The Labute approximate surface area is 559 Å². The largest absolute Gasteiger partial charge is 0.417 e. The molecule has 1 amide bonds. The van der Waals surface area contributed by atoms with Gasteiger partial charge in [0.15, 0.2) is 0 Å². The summed E-state index contributed by atoms with van der Waals surface area (Å²) in [7, 11) is 4.31. The van der Waals surface area contributed by atoms with E-state index >= 15 is 0 Å². The zero-order chi connectivity index (χ0) is 65.2. The molecular weight excluding hydrogens is 1180 g/mol. The number of hydrogen-bond donors (Lipinski definition) is 6. The predicted molar refractivity (Wildman–Crippen MR) is 372 cm³/mol. The van der Waals surface area contributed by atoms with Gasteiger partial charge in [-0.25, -0.2) is 0 Å². The third-order valence-corrected chi connectivity index (χ3v) is 23.4. The number of benzene rings is 1. The summed E-state index contributed by atoms with van der Waals surface area (Å²) in [5.41, 5.74) is 3.36. The van der Waals surface area contributed by atoms with Gasteiger partial charge in [0.2, 0.25) is 5.91 Å². The molecule has 0 radical (unpaired) electrons. The van der Waals surface area contributed by atoms with Gasteiger partial charge >= 0.3 is 6.18 Å². The van der Waals surface area contributed by atoms with Crippen molar-refractivity contribution in [3.8, 4) is 0 Å². The minimum atomic E-state index is -4.51. The van der Waals surface area contributed by atoms with Gasteiger partial charge in [-0.1, -0.05) is 121 Å². The first-order valence-electron chi connectivity index (χ1n) is 36.8. The van der Waals surface area contributed by atoms with E-state index < -0.39 is 11.7 Å². The highest BCUT2D eigenvalue weighted by Crippen LogP contribution is 2.44. The Bertz CT molecular complexity index is 2570. The maximum absolute atomic E-state index is 15.0. The topological polar surface area (TPSA) is 127 Å². The minimum Gasteiger partial charge on any atom is -0.390 e. The third-order valence-electron chi connectivity index (χ3n) is 23.1. The van der Waals surface area contributed by atoms with Crippen LogP contribution in [0.5, 0.6) is 0 Å². The smallest absolute Gasteiger partial charge is 0.390 e. The number of aryl methyl sites for hydroxylation is 1. The van der Waals surface area contributed by atoms with Gasteiger partial charge in [0, 0.05) is 169 Å². The van der Waals surface area contributed by atoms with Gasteiger partial charge < -0.3 is 56.2 Å². The first kappa shape index (κ1) is 72.6. The Hall–Kier alpha value is -3.68. The number of nitrogens with zero attached hydrogens (tertiary/aromatic N) is 6. The van der Waals surface area contributed by atoms with E-state index in [4.69, 9.17) is 21.3 Å². The van der Waals surface area contributed by atoms with Crippen molar-refractivity contribution in [2.45, 2.75) is 256 Å². The highest BCUT2D eigenvalue weighted by atomic mass is 35.5. The molecule has 92 heavy (non-hydrogen) atoms. The first-order chi connectivity index (χ1) is 44.4. The van der Waals surface area contributed by atoms with E-state index in [0.29, 0.717) is 93.5 Å². The number of morpholine rings is 1. The molecule has 1 aromatic rings. The number of aliphatic imine (C=N–C) groups is 1. The van der Waals surface area contributed by atoms with E-state index in [1.165, 1.54) is 126 Å². The molecule has 3 saturated heterocycles. The third kappa shape index (κ3) is 20.2. The Morgan fingerprint density at radius 3 is 2.25 bits per heavy atom. The van der Waals surface area contributed by atoms with Crippen LogP contribution in [0.1, 0.15) is 200 Å². The molecule has 10 atom stereocenters. The molecule has 9 rings (SSSR count). The van der Waals surface area contributed by atoms with Gasteiger partial charge in [-0.15, -0.1) is 0 Å². The lowest BCUT2D eigenvalue weighted by Gasteiger charge is -2.60. The second-order valence-electron chi connectivity index (χ2n) is 29.7. The number of ether oxygens (including phenoxy) is 1. The first-order valence-corrected chi connectivity index (χ1v) is 37.2. The number of allylic oxidation sites excluding steroid dienone is 3. The number of halogens is 4. The Morgan fingerprint density at radius 1 is 0.815 bits per heavy atom. The van der Waals surface area contributed by atoms with Crippen LogP contribution in [0.2, 0.25) is 5.02 Å². The summed E-state index contributed by atoms with van der Waals surface area (Å²) >= 11 is 6.22. The van der Waals surface area contributed by atoms with Gasteiger partial charge in [0.05, 0.1) is 29.7 Å². The van der Waals surface area contributed by atoms with Crippen molar-refractivity contribution >= 4 is 23.2 Å². The van der Waals surface area contributed by atoms with Crippen molar-refractivity contribution in [3.05, 3.63) is 82.8 Å². The van der Waals surface area contributed by atoms with Crippen LogP contribution in [0.15, 0.2) is 71.7 Å². The maximum Gasteiger partial charge on any atom is 0.417 e. The summed E-state index contributed by atoms with van der Waals surface area (Å²) in [6.07, 6.45) is 35.8. The summed E-state index contributed by atoms with van der Waals surface area (Å²) in [4.78, 5) is 32.1. The van der Waals surface area contributed by atoms with E-state index in [-0.39, 0.29) is 40.6 Å². The molecule has 14 nitrogen and oxygen atoms in total. The zero-order valence-corrected chi connectivity index (χ0v) is 58.7. The van der Waals surface area contributed by atoms with Gasteiger partial charge in [-0.2, -0.15) is 13.2 Å². The van der Waals surface area contributed by atoms with E-state index in [2.05, 4.69) is 124 Å². The summed E-state index contributed by atoms with van der Waals surface area (Å²) in [5, 5.41) is 24.2. The zero-order valence-electron chi connectivity index (χ0n) is 58.0. The lowest BCUT2D eigenvalue weighted by molar-refractivity contribution is -0.165. The summed E-state index contributed by atoms with van der Waals surface area (Å²) < 4.78 is 46.9. The quantitative estimate of drug-likeness (QED) is 0.126. The fourth-order valence-electron chi connectivity index (χ4n) is 17.5. The normalized spacial score (nSPS) is 30.7. The molecule has 0 aromatic heterocycles. The molecule has 518 valence electrons. The van der Waals surface area contributed by atoms with Crippen molar-refractivity contribution in [1.82, 2.24) is 56.4 Å². The van der Waals surface area contributed by atoms with Crippen molar-refractivity contribution in [2.75, 3.05) is 86.2 Å². The van der Waals surface area contributed by atoms with Crippen molar-refractivity contribution in [3.63, 3.8) is 0 Å². The molecule has 1 spiro atoms. The van der Waals surface area contributed by atoms with Gasteiger partial charge in [-0.3, -0.25) is 14.7 Å². The number of carbonyl (C=O) groups is 1. The molecule has 4 heterocycles. The molecular formula is C74H122ClF3N12O2. The minimum absolute atomic E-state index is 0.0305. The number of alkyl halides is 3. The fourth-order valence-corrected chi connectivity index (χ4v) is 17.8. The molecule has 4 saturated carbocycles. The average molecular weight is 1300 g/mol. The highest BCUT2D eigenvalue weighted by molar-refractivity contribution is 6.31. The molecule has 18 heteroatoms. The van der Waals surface area contributed by atoms with Crippen molar-refractivity contribution < 1.29 is 22.7 Å². The molecule has 4 aliphatic heterocycles.